The molecule has 0 aromatic rings. The van der Waals surface area contributed by atoms with Crippen molar-refractivity contribution in [3.63, 3.8) is 0 Å². The van der Waals surface area contributed by atoms with Gasteiger partial charge in [0, 0.05) is 18.3 Å². The first-order valence-corrected chi connectivity index (χ1v) is 6.30. The standard InChI is InChI=1S/C9H19N3S/c1-3-10-9(11-6-7-13-2)12-8-4-5-8/h8H,3-7H2,1-2H3,(H2,10,11,12). The summed E-state index contributed by atoms with van der Waals surface area (Å²) in [7, 11) is 0. The van der Waals surface area contributed by atoms with Gasteiger partial charge in [-0.1, -0.05) is 0 Å². The lowest BCUT2D eigenvalue weighted by Crippen LogP contribution is -2.38. The average molecular weight is 201 g/mol. The zero-order chi connectivity index (χ0) is 9.52. The Morgan fingerprint density at radius 3 is 2.85 bits per heavy atom. The lowest BCUT2D eigenvalue weighted by molar-refractivity contribution is 0.818. The van der Waals surface area contributed by atoms with Gasteiger partial charge in [-0.25, -0.2) is 0 Å². The Balaban J connectivity index is 2.21. The van der Waals surface area contributed by atoms with Crippen LogP contribution in [0.15, 0.2) is 4.99 Å². The van der Waals surface area contributed by atoms with Crippen LogP contribution in [-0.4, -0.2) is 37.1 Å². The van der Waals surface area contributed by atoms with Crippen molar-refractivity contribution in [2.75, 3.05) is 25.1 Å². The second-order valence-corrected chi connectivity index (χ2v) is 4.16. The third kappa shape index (κ3) is 5.03. The van der Waals surface area contributed by atoms with E-state index in [9.17, 15) is 0 Å². The maximum atomic E-state index is 4.46. The summed E-state index contributed by atoms with van der Waals surface area (Å²) in [5, 5.41) is 6.62. The minimum Gasteiger partial charge on any atom is -0.357 e. The van der Waals surface area contributed by atoms with E-state index < -0.39 is 0 Å². The third-order valence-electron chi connectivity index (χ3n) is 1.83. The number of guanidine groups is 1. The molecule has 1 rings (SSSR count). The van der Waals surface area contributed by atoms with Crippen LogP contribution in [-0.2, 0) is 0 Å². The SMILES string of the molecule is CCNC(=NCCSC)NC1CC1. The van der Waals surface area contributed by atoms with E-state index in [1.165, 1.54) is 12.8 Å². The van der Waals surface area contributed by atoms with E-state index >= 15 is 0 Å². The van der Waals surface area contributed by atoms with Gasteiger partial charge in [0.05, 0.1) is 6.54 Å². The van der Waals surface area contributed by atoms with Gasteiger partial charge in [0.25, 0.3) is 0 Å². The number of aliphatic imine (C=N–C) groups is 1. The fraction of sp³-hybridized carbons (Fsp3) is 0.889. The molecule has 0 spiro atoms. The molecule has 0 atom stereocenters. The van der Waals surface area contributed by atoms with Crippen molar-refractivity contribution in [1.29, 1.82) is 0 Å². The van der Waals surface area contributed by atoms with Crippen molar-refractivity contribution in [3.05, 3.63) is 0 Å². The summed E-state index contributed by atoms with van der Waals surface area (Å²) in [6, 6.07) is 0.687. The zero-order valence-corrected chi connectivity index (χ0v) is 9.28. The monoisotopic (exact) mass is 201 g/mol. The summed E-state index contributed by atoms with van der Waals surface area (Å²) in [6.45, 7) is 3.94. The van der Waals surface area contributed by atoms with Crippen LogP contribution in [0.25, 0.3) is 0 Å². The maximum Gasteiger partial charge on any atom is 0.191 e. The molecular weight excluding hydrogens is 182 g/mol. The number of hydrogen-bond acceptors (Lipinski definition) is 2. The van der Waals surface area contributed by atoms with Crippen LogP contribution in [0, 0.1) is 0 Å². The van der Waals surface area contributed by atoms with Gasteiger partial charge in [-0.15, -0.1) is 0 Å². The predicted octanol–water partition coefficient (Wildman–Crippen LogP) is 1.07. The average Bonchev–Trinajstić information content (AvgIpc) is 2.89. The minimum absolute atomic E-state index is 0.687. The molecule has 13 heavy (non-hydrogen) atoms. The number of thioether (sulfide) groups is 1. The fourth-order valence-electron chi connectivity index (χ4n) is 0.990. The topological polar surface area (TPSA) is 36.4 Å². The van der Waals surface area contributed by atoms with Crippen molar-refractivity contribution in [2.45, 2.75) is 25.8 Å². The number of rotatable bonds is 5. The van der Waals surface area contributed by atoms with E-state index in [2.05, 4.69) is 28.8 Å². The summed E-state index contributed by atoms with van der Waals surface area (Å²) in [5.74, 6) is 2.08. The van der Waals surface area contributed by atoms with E-state index in [0.717, 1.165) is 24.8 Å². The highest BCUT2D eigenvalue weighted by atomic mass is 32.2. The fourth-order valence-corrected chi connectivity index (χ4v) is 1.26. The van der Waals surface area contributed by atoms with Crippen LogP contribution in [0.5, 0.6) is 0 Å². The molecule has 0 amide bonds. The highest BCUT2D eigenvalue weighted by Crippen LogP contribution is 2.18. The quantitative estimate of drug-likeness (QED) is 0.397. The lowest BCUT2D eigenvalue weighted by Gasteiger charge is -2.09. The van der Waals surface area contributed by atoms with Crippen LogP contribution in [0.2, 0.25) is 0 Å². The predicted molar refractivity (Wildman–Crippen MR) is 60.5 cm³/mol. The molecule has 2 N–H and O–H groups in total. The summed E-state index contributed by atoms with van der Waals surface area (Å²) in [5.41, 5.74) is 0. The number of nitrogens with zero attached hydrogens (tertiary/aromatic N) is 1. The van der Waals surface area contributed by atoms with Crippen molar-refractivity contribution in [1.82, 2.24) is 10.6 Å². The minimum atomic E-state index is 0.687. The molecule has 0 aromatic carbocycles. The summed E-state index contributed by atoms with van der Waals surface area (Å²) >= 11 is 1.83. The second kappa shape index (κ2) is 6.13. The molecule has 1 saturated carbocycles. The molecule has 4 heteroatoms. The summed E-state index contributed by atoms with van der Waals surface area (Å²) in [4.78, 5) is 4.46. The van der Waals surface area contributed by atoms with Crippen molar-refractivity contribution < 1.29 is 0 Å². The Bertz CT molecular complexity index is 166. The molecule has 0 bridgehead atoms. The van der Waals surface area contributed by atoms with Gasteiger partial charge in [0.2, 0.25) is 0 Å². The van der Waals surface area contributed by atoms with Gasteiger partial charge in [0.15, 0.2) is 5.96 Å². The molecule has 1 aliphatic carbocycles. The normalized spacial score (nSPS) is 17.2. The number of hydrogen-bond donors (Lipinski definition) is 2. The first kappa shape index (κ1) is 10.7. The molecule has 0 aromatic heterocycles. The third-order valence-corrected chi connectivity index (χ3v) is 2.42. The van der Waals surface area contributed by atoms with Gasteiger partial charge in [-0.2, -0.15) is 11.8 Å². The summed E-state index contributed by atoms with van der Waals surface area (Å²) < 4.78 is 0. The zero-order valence-electron chi connectivity index (χ0n) is 8.47. The van der Waals surface area contributed by atoms with E-state index in [1.807, 2.05) is 11.8 Å². The van der Waals surface area contributed by atoms with E-state index in [0.29, 0.717) is 6.04 Å². The molecular formula is C9H19N3S. The first-order valence-electron chi connectivity index (χ1n) is 4.90. The molecule has 0 radical (unpaired) electrons. The molecule has 3 nitrogen and oxygen atoms in total. The van der Waals surface area contributed by atoms with Crippen LogP contribution >= 0.6 is 11.8 Å². The van der Waals surface area contributed by atoms with Gasteiger partial charge in [-0.3, -0.25) is 4.99 Å². The van der Waals surface area contributed by atoms with Crippen molar-refractivity contribution in [2.24, 2.45) is 4.99 Å². The molecule has 0 saturated heterocycles. The molecule has 1 fully saturated rings. The molecule has 0 heterocycles. The van der Waals surface area contributed by atoms with Gasteiger partial charge >= 0.3 is 0 Å². The van der Waals surface area contributed by atoms with E-state index in [4.69, 9.17) is 0 Å². The highest BCUT2D eigenvalue weighted by molar-refractivity contribution is 7.98. The molecule has 0 unspecified atom stereocenters. The Kier molecular flexibility index (Phi) is 5.05. The molecule has 1 aliphatic rings. The Hall–Kier alpha value is -0.380. The smallest absolute Gasteiger partial charge is 0.191 e. The van der Waals surface area contributed by atoms with Crippen LogP contribution < -0.4 is 10.6 Å². The van der Waals surface area contributed by atoms with Crippen LogP contribution in [0.4, 0.5) is 0 Å². The second-order valence-electron chi connectivity index (χ2n) is 3.17. The highest BCUT2D eigenvalue weighted by Gasteiger charge is 2.21. The van der Waals surface area contributed by atoms with Crippen molar-refractivity contribution >= 4 is 17.7 Å². The van der Waals surface area contributed by atoms with E-state index in [1.54, 1.807) is 0 Å². The van der Waals surface area contributed by atoms with Gasteiger partial charge in [-0.05, 0) is 26.0 Å². The Morgan fingerprint density at radius 1 is 1.54 bits per heavy atom. The van der Waals surface area contributed by atoms with Crippen LogP contribution in [0.1, 0.15) is 19.8 Å². The molecule has 0 aliphatic heterocycles. The van der Waals surface area contributed by atoms with Crippen LogP contribution in [0.3, 0.4) is 0 Å². The Morgan fingerprint density at radius 2 is 2.31 bits per heavy atom. The summed E-state index contributed by atoms with van der Waals surface area (Å²) in [6.07, 6.45) is 4.71. The van der Waals surface area contributed by atoms with Gasteiger partial charge < -0.3 is 10.6 Å². The lowest BCUT2D eigenvalue weighted by atomic mass is 10.6. The van der Waals surface area contributed by atoms with Gasteiger partial charge in [0.1, 0.15) is 0 Å². The first-order chi connectivity index (χ1) is 6.36. The van der Waals surface area contributed by atoms with E-state index in [-0.39, 0.29) is 0 Å². The Labute approximate surface area is 84.8 Å². The maximum absolute atomic E-state index is 4.46. The largest absolute Gasteiger partial charge is 0.357 e. The van der Waals surface area contributed by atoms with Crippen molar-refractivity contribution in [3.8, 4) is 0 Å². The number of nitrogens with one attached hydrogen (secondary N) is 2. The molecule has 76 valence electrons.